The second-order valence-corrected chi connectivity index (χ2v) is 6.07. The molecule has 1 aliphatic heterocycles. The van der Waals surface area contributed by atoms with Gasteiger partial charge < -0.3 is 4.57 Å². The predicted octanol–water partition coefficient (Wildman–Crippen LogP) is 3.13. The SMILES string of the molecule is Cn1cccc1C=C1SC(=O)N(Cc2ccccc2C#N)C1=O. The van der Waals surface area contributed by atoms with Crippen molar-refractivity contribution in [1.82, 2.24) is 9.47 Å². The molecule has 0 spiro atoms. The number of hydrogen-bond donors (Lipinski definition) is 0. The fraction of sp³-hybridized carbons (Fsp3) is 0.118. The van der Waals surface area contributed by atoms with Crippen molar-refractivity contribution in [3.8, 4) is 6.07 Å². The Morgan fingerprint density at radius 2 is 2.00 bits per heavy atom. The largest absolute Gasteiger partial charge is 0.351 e. The molecule has 0 unspecified atom stereocenters. The Kier molecular flexibility index (Phi) is 4.04. The standard InChI is InChI=1S/C17H13N3O2S/c1-19-8-4-7-14(19)9-15-16(21)20(17(22)23-15)11-13-6-3-2-5-12(13)10-18/h2-9H,11H2,1H3. The molecule has 2 amide bonds. The molecule has 2 heterocycles. The molecule has 0 aliphatic carbocycles. The zero-order valence-corrected chi connectivity index (χ0v) is 13.2. The van der Waals surface area contributed by atoms with Gasteiger partial charge in [0.05, 0.1) is 23.1 Å². The van der Waals surface area contributed by atoms with E-state index in [-0.39, 0.29) is 17.7 Å². The van der Waals surface area contributed by atoms with Crippen molar-refractivity contribution in [2.75, 3.05) is 0 Å². The summed E-state index contributed by atoms with van der Waals surface area (Å²) in [4.78, 5) is 26.2. The summed E-state index contributed by atoms with van der Waals surface area (Å²) in [6.45, 7) is 0.110. The van der Waals surface area contributed by atoms with Crippen LogP contribution in [0.3, 0.4) is 0 Å². The number of nitrogens with zero attached hydrogens (tertiary/aromatic N) is 3. The van der Waals surface area contributed by atoms with Crippen LogP contribution in [0.4, 0.5) is 4.79 Å². The summed E-state index contributed by atoms with van der Waals surface area (Å²) >= 11 is 0.924. The number of imide groups is 1. The third kappa shape index (κ3) is 2.91. The molecule has 0 atom stereocenters. The zero-order valence-electron chi connectivity index (χ0n) is 12.4. The minimum Gasteiger partial charge on any atom is -0.351 e. The summed E-state index contributed by atoms with van der Waals surface area (Å²) in [6, 6.07) is 12.8. The molecule has 1 saturated heterocycles. The average Bonchev–Trinajstić information content (AvgIpc) is 3.06. The summed E-state index contributed by atoms with van der Waals surface area (Å²) in [7, 11) is 1.87. The first-order valence-corrected chi connectivity index (χ1v) is 7.76. The molecule has 5 nitrogen and oxygen atoms in total. The van der Waals surface area contributed by atoms with E-state index in [9.17, 15) is 9.59 Å². The summed E-state index contributed by atoms with van der Waals surface area (Å²) in [5.41, 5.74) is 1.99. The van der Waals surface area contributed by atoms with Gasteiger partial charge in [0.2, 0.25) is 0 Å². The number of amides is 2. The maximum absolute atomic E-state index is 12.5. The first kappa shape index (κ1) is 15.1. The van der Waals surface area contributed by atoms with E-state index < -0.39 is 0 Å². The molecule has 1 aromatic heterocycles. The van der Waals surface area contributed by atoms with Crippen molar-refractivity contribution in [3.05, 3.63) is 64.3 Å². The normalized spacial score (nSPS) is 16.2. The van der Waals surface area contributed by atoms with Gasteiger partial charge in [0.25, 0.3) is 11.1 Å². The summed E-state index contributed by atoms with van der Waals surface area (Å²) in [5.74, 6) is -0.325. The number of carbonyl (C=O) groups excluding carboxylic acids is 2. The van der Waals surface area contributed by atoms with Crippen LogP contribution in [0.25, 0.3) is 6.08 Å². The highest BCUT2D eigenvalue weighted by Gasteiger charge is 2.35. The maximum Gasteiger partial charge on any atom is 0.293 e. The molecule has 0 radical (unpaired) electrons. The molecular weight excluding hydrogens is 310 g/mol. The topological polar surface area (TPSA) is 66.1 Å². The van der Waals surface area contributed by atoms with Gasteiger partial charge in [0, 0.05) is 18.9 Å². The monoisotopic (exact) mass is 323 g/mol. The van der Waals surface area contributed by atoms with Crippen LogP contribution in [0.2, 0.25) is 0 Å². The lowest BCUT2D eigenvalue weighted by Gasteiger charge is -2.13. The van der Waals surface area contributed by atoms with Crippen LogP contribution < -0.4 is 0 Å². The van der Waals surface area contributed by atoms with Gasteiger partial charge >= 0.3 is 0 Å². The molecule has 114 valence electrons. The highest BCUT2D eigenvalue weighted by atomic mass is 32.2. The van der Waals surface area contributed by atoms with Crippen LogP contribution in [-0.2, 0) is 18.4 Å². The Morgan fingerprint density at radius 1 is 1.22 bits per heavy atom. The summed E-state index contributed by atoms with van der Waals surface area (Å²) in [6.07, 6.45) is 3.58. The van der Waals surface area contributed by atoms with Crippen molar-refractivity contribution in [3.63, 3.8) is 0 Å². The van der Waals surface area contributed by atoms with E-state index in [4.69, 9.17) is 5.26 Å². The van der Waals surface area contributed by atoms with Crippen molar-refractivity contribution in [1.29, 1.82) is 5.26 Å². The maximum atomic E-state index is 12.5. The third-order valence-corrected chi connectivity index (χ3v) is 4.51. The van der Waals surface area contributed by atoms with Gasteiger partial charge in [0.1, 0.15) is 0 Å². The molecular formula is C17H13N3O2S. The smallest absolute Gasteiger partial charge is 0.293 e. The van der Waals surface area contributed by atoms with Crippen LogP contribution in [0.1, 0.15) is 16.8 Å². The second-order valence-electron chi connectivity index (χ2n) is 5.08. The second kappa shape index (κ2) is 6.15. The number of thioether (sulfide) groups is 1. The van der Waals surface area contributed by atoms with Crippen molar-refractivity contribution in [2.45, 2.75) is 6.54 Å². The van der Waals surface area contributed by atoms with Gasteiger partial charge in [-0.25, -0.2) is 0 Å². The van der Waals surface area contributed by atoms with Gasteiger partial charge in [-0.2, -0.15) is 5.26 Å². The summed E-state index contributed by atoms with van der Waals surface area (Å²) < 4.78 is 1.87. The molecule has 0 saturated carbocycles. The predicted molar refractivity (Wildman–Crippen MR) is 88.1 cm³/mol. The third-order valence-electron chi connectivity index (χ3n) is 3.60. The minimum atomic E-state index is -0.325. The van der Waals surface area contributed by atoms with Crippen molar-refractivity contribution in [2.24, 2.45) is 7.05 Å². The fourth-order valence-corrected chi connectivity index (χ4v) is 3.16. The van der Waals surface area contributed by atoms with Crippen LogP contribution in [0.15, 0.2) is 47.5 Å². The molecule has 0 bridgehead atoms. The Bertz CT molecular complexity index is 861. The van der Waals surface area contributed by atoms with E-state index in [1.165, 1.54) is 4.90 Å². The van der Waals surface area contributed by atoms with Crippen molar-refractivity contribution >= 4 is 29.0 Å². The molecule has 3 rings (SSSR count). The number of aryl methyl sites for hydroxylation is 1. The lowest BCUT2D eigenvalue weighted by Crippen LogP contribution is -2.27. The van der Waals surface area contributed by atoms with E-state index in [2.05, 4.69) is 6.07 Å². The number of rotatable bonds is 3. The Labute approximate surface area is 137 Å². The fourth-order valence-electron chi connectivity index (χ4n) is 2.33. The van der Waals surface area contributed by atoms with Gasteiger partial charge in [0.15, 0.2) is 0 Å². The van der Waals surface area contributed by atoms with Gasteiger partial charge in [-0.15, -0.1) is 0 Å². The van der Waals surface area contributed by atoms with Crippen molar-refractivity contribution < 1.29 is 9.59 Å². The van der Waals surface area contributed by atoms with E-state index in [0.717, 1.165) is 17.5 Å². The van der Waals surface area contributed by atoms with E-state index in [0.29, 0.717) is 16.0 Å². The van der Waals surface area contributed by atoms with E-state index in [1.807, 2.05) is 29.9 Å². The minimum absolute atomic E-state index is 0.110. The van der Waals surface area contributed by atoms with Gasteiger partial charge in [-0.3, -0.25) is 14.5 Å². The molecule has 23 heavy (non-hydrogen) atoms. The quantitative estimate of drug-likeness (QED) is 0.814. The molecule has 6 heteroatoms. The average molecular weight is 323 g/mol. The highest BCUT2D eigenvalue weighted by Crippen LogP contribution is 2.33. The molecule has 0 N–H and O–H groups in total. The number of hydrogen-bond acceptors (Lipinski definition) is 4. The number of nitriles is 1. The van der Waals surface area contributed by atoms with Crippen LogP contribution in [0, 0.1) is 11.3 Å². The highest BCUT2D eigenvalue weighted by molar-refractivity contribution is 8.18. The molecule has 1 aliphatic rings. The Morgan fingerprint density at radius 3 is 2.70 bits per heavy atom. The van der Waals surface area contributed by atoms with Crippen LogP contribution in [0.5, 0.6) is 0 Å². The number of aromatic nitrogens is 1. The molecule has 1 fully saturated rings. The molecule has 1 aromatic carbocycles. The Hall–Kier alpha value is -2.78. The molecule has 2 aromatic rings. The first-order valence-electron chi connectivity index (χ1n) is 6.95. The first-order chi connectivity index (χ1) is 11.1. The van der Waals surface area contributed by atoms with Gasteiger partial charge in [-0.1, -0.05) is 18.2 Å². The van der Waals surface area contributed by atoms with E-state index in [1.54, 1.807) is 30.3 Å². The van der Waals surface area contributed by atoms with Gasteiger partial charge in [-0.05, 0) is 41.6 Å². The van der Waals surface area contributed by atoms with E-state index >= 15 is 0 Å². The zero-order chi connectivity index (χ0) is 16.4. The number of carbonyl (C=O) groups is 2. The number of benzene rings is 1. The van der Waals surface area contributed by atoms with Crippen LogP contribution >= 0.6 is 11.8 Å². The lowest BCUT2D eigenvalue weighted by molar-refractivity contribution is -0.123. The Balaban J connectivity index is 1.86. The van der Waals surface area contributed by atoms with Crippen LogP contribution in [-0.4, -0.2) is 20.6 Å². The lowest BCUT2D eigenvalue weighted by atomic mass is 10.1. The summed E-state index contributed by atoms with van der Waals surface area (Å²) in [5, 5.41) is 8.80.